The van der Waals surface area contributed by atoms with Crippen molar-refractivity contribution in [3.05, 3.63) is 40.4 Å². The molecule has 24 heavy (non-hydrogen) atoms. The summed E-state index contributed by atoms with van der Waals surface area (Å²) in [4.78, 5) is 8.83. The van der Waals surface area contributed by atoms with E-state index in [-0.39, 0.29) is 5.75 Å². The number of halogens is 1. The molecule has 0 atom stereocenters. The third-order valence-electron chi connectivity index (χ3n) is 3.27. The van der Waals surface area contributed by atoms with Crippen LogP contribution in [0.15, 0.2) is 39.8 Å². The van der Waals surface area contributed by atoms with E-state index in [0.29, 0.717) is 23.1 Å². The van der Waals surface area contributed by atoms with Crippen LogP contribution < -0.4 is 9.47 Å². The van der Waals surface area contributed by atoms with Crippen molar-refractivity contribution in [3.8, 4) is 17.2 Å². The maximum absolute atomic E-state index is 10.3. The highest BCUT2D eigenvalue weighted by molar-refractivity contribution is 9.10. The van der Waals surface area contributed by atoms with E-state index in [1.165, 1.54) is 11.3 Å². The SMILES string of the molecule is CCOc1cc(Br)cc(/C=N/c2nc3ccc(OC)cc3s2)c1O. The van der Waals surface area contributed by atoms with E-state index in [1.54, 1.807) is 25.5 Å². The quantitative estimate of drug-likeness (QED) is 0.610. The Hall–Kier alpha value is -2.12. The summed E-state index contributed by atoms with van der Waals surface area (Å²) in [6.45, 7) is 2.34. The lowest BCUT2D eigenvalue weighted by Crippen LogP contribution is -1.94. The number of nitrogens with zero attached hydrogens (tertiary/aromatic N) is 2. The normalized spacial score (nSPS) is 11.3. The molecular weight excluding hydrogens is 392 g/mol. The molecule has 0 saturated heterocycles. The van der Waals surface area contributed by atoms with E-state index in [9.17, 15) is 5.11 Å². The smallest absolute Gasteiger partial charge is 0.210 e. The Labute approximate surface area is 151 Å². The van der Waals surface area contributed by atoms with Crippen molar-refractivity contribution in [1.29, 1.82) is 0 Å². The summed E-state index contributed by atoms with van der Waals surface area (Å²) in [6.07, 6.45) is 1.58. The zero-order valence-electron chi connectivity index (χ0n) is 13.1. The van der Waals surface area contributed by atoms with Crippen LogP contribution in [0.2, 0.25) is 0 Å². The van der Waals surface area contributed by atoms with Crippen molar-refractivity contribution in [2.75, 3.05) is 13.7 Å². The average Bonchev–Trinajstić information content (AvgIpc) is 2.98. The van der Waals surface area contributed by atoms with Crippen LogP contribution >= 0.6 is 27.3 Å². The zero-order valence-corrected chi connectivity index (χ0v) is 15.5. The Morgan fingerprint density at radius 1 is 1.33 bits per heavy atom. The Morgan fingerprint density at radius 3 is 2.92 bits per heavy atom. The molecule has 3 aromatic rings. The van der Waals surface area contributed by atoms with Crippen LogP contribution in [0.1, 0.15) is 12.5 Å². The molecule has 0 bridgehead atoms. The van der Waals surface area contributed by atoms with Gasteiger partial charge in [-0.1, -0.05) is 27.3 Å². The molecule has 0 aliphatic rings. The molecule has 0 amide bonds. The summed E-state index contributed by atoms with van der Waals surface area (Å²) in [7, 11) is 1.63. The number of aromatic nitrogens is 1. The number of aromatic hydroxyl groups is 1. The van der Waals surface area contributed by atoms with Crippen LogP contribution in [0.4, 0.5) is 5.13 Å². The van der Waals surface area contributed by atoms with E-state index < -0.39 is 0 Å². The highest BCUT2D eigenvalue weighted by Crippen LogP contribution is 2.34. The lowest BCUT2D eigenvalue weighted by Gasteiger charge is -2.08. The molecule has 1 aromatic heterocycles. The number of thiazole rings is 1. The molecule has 0 aliphatic carbocycles. The van der Waals surface area contributed by atoms with E-state index >= 15 is 0 Å². The van der Waals surface area contributed by atoms with Gasteiger partial charge in [-0.25, -0.2) is 9.98 Å². The minimum Gasteiger partial charge on any atom is -0.504 e. The molecule has 1 N–H and O–H groups in total. The maximum atomic E-state index is 10.3. The molecule has 5 nitrogen and oxygen atoms in total. The van der Waals surface area contributed by atoms with E-state index in [1.807, 2.05) is 25.1 Å². The number of fused-ring (bicyclic) bond motifs is 1. The number of rotatable bonds is 5. The number of ether oxygens (including phenoxy) is 2. The van der Waals surface area contributed by atoms with Gasteiger partial charge in [0, 0.05) is 16.3 Å². The van der Waals surface area contributed by atoms with Gasteiger partial charge in [0.05, 0.1) is 23.9 Å². The van der Waals surface area contributed by atoms with Gasteiger partial charge in [0.25, 0.3) is 0 Å². The van der Waals surface area contributed by atoms with Crippen molar-refractivity contribution >= 4 is 48.8 Å². The summed E-state index contributed by atoms with van der Waals surface area (Å²) in [5.74, 6) is 1.27. The number of phenols is 1. The van der Waals surface area contributed by atoms with Gasteiger partial charge in [-0.15, -0.1) is 0 Å². The summed E-state index contributed by atoms with van der Waals surface area (Å²) in [5, 5.41) is 10.9. The van der Waals surface area contributed by atoms with Crippen molar-refractivity contribution in [2.45, 2.75) is 6.92 Å². The lowest BCUT2D eigenvalue weighted by molar-refractivity contribution is 0.317. The lowest BCUT2D eigenvalue weighted by atomic mass is 10.2. The van der Waals surface area contributed by atoms with Gasteiger partial charge in [-0.3, -0.25) is 0 Å². The largest absolute Gasteiger partial charge is 0.504 e. The van der Waals surface area contributed by atoms with Gasteiger partial charge in [0.15, 0.2) is 11.5 Å². The summed E-state index contributed by atoms with van der Waals surface area (Å²) in [5.41, 5.74) is 1.42. The van der Waals surface area contributed by atoms with Crippen molar-refractivity contribution in [3.63, 3.8) is 0 Å². The molecule has 1 heterocycles. The first-order chi connectivity index (χ1) is 11.6. The average molecular weight is 407 g/mol. The van der Waals surface area contributed by atoms with Gasteiger partial charge in [0.2, 0.25) is 5.13 Å². The number of methoxy groups -OCH3 is 1. The molecule has 0 aliphatic heterocycles. The monoisotopic (exact) mass is 406 g/mol. The first-order valence-electron chi connectivity index (χ1n) is 7.24. The van der Waals surface area contributed by atoms with Crippen LogP contribution in [-0.4, -0.2) is 30.0 Å². The Kier molecular flexibility index (Phi) is 5.01. The number of benzene rings is 2. The predicted octanol–water partition coefficient (Wildman–Crippen LogP) is 4.92. The summed E-state index contributed by atoms with van der Waals surface area (Å²) >= 11 is 4.86. The van der Waals surface area contributed by atoms with Gasteiger partial charge in [-0.05, 0) is 37.3 Å². The van der Waals surface area contributed by atoms with Crippen LogP contribution in [0, 0.1) is 0 Å². The fraction of sp³-hybridized carbons (Fsp3) is 0.176. The van der Waals surface area contributed by atoms with Crippen molar-refractivity contribution in [2.24, 2.45) is 4.99 Å². The third-order valence-corrected chi connectivity index (χ3v) is 4.65. The van der Waals surface area contributed by atoms with E-state index in [4.69, 9.17) is 9.47 Å². The van der Waals surface area contributed by atoms with Crippen LogP contribution in [0.25, 0.3) is 10.2 Å². The van der Waals surface area contributed by atoms with Gasteiger partial charge in [0.1, 0.15) is 5.75 Å². The molecular formula is C17H15BrN2O3S. The standard InChI is InChI=1S/C17H15BrN2O3S/c1-3-23-14-7-11(18)6-10(16(14)21)9-19-17-20-13-5-4-12(22-2)8-15(13)24-17/h4-9,21H,3H2,1-2H3/b19-9+. The maximum Gasteiger partial charge on any atom is 0.210 e. The topological polar surface area (TPSA) is 63.9 Å². The number of phenolic OH excluding ortho intramolecular Hbond substituents is 1. The van der Waals surface area contributed by atoms with Gasteiger partial charge < -0.3 is 14.6 Å². The van der Waals surface area contributed by atoms with Crippen molar-refractivity contribution in [1.82, 2.24) is 4.98 Å². The third kappa shape index (κ3) is 3.52. The van der Waals surface area contributed by atoms with Crippen LogP contribution in [-0.2, 0) is 0 Å². The molecule has 3 rings (SSSR count). The predicted molar refractivity (Wildman–Crippen MR) is 100 cm³/mol. The molecule has 0 saturated carbocycles. The number of hydrogen-bond acceptors (Lipinski definition) is 6. The van der Waals surface area contributed by atoms with Crippen LogP contribution in [0.3, 0.4) is 0 Å². The van der Waals surface area contributed by atoms with Gasteiger partial charge >= 0.3 is 0 Å². The highest BCUT2D eigenvalue weighted by atomic mass is 79.9. The van der Waals surface area contributed by atoms with Crippen LogP contribution in [0.5, 0.6) is 17.2 Å². The minimum atomic E-state index is 0.0616. The first kappa shape index (κ1) is 16.7. The highest BCUT2D eigenvalue weighted by Gasteiger charge is 2.09. The summed E-state index contributed by atoms with van der Waals surface area (Å²) < 4.78 is 12.4. The molecule has 2 aromatic carbocycles. The Morgan fingerprint density at radius 2 is 2.17 bits per heavy atom. The van der Waals surface area contributed by atoms with E-state index in [0.717, 1.165) is 20.4 Å². The van der Waals surface area contributed by atoms with Crippen molar-refractivity contribution < 1.29 is 14.6 Å². The molecule has 0 radical (unpaired) electrons. The number of hydrogen-bond donors (Lipinski definition) is 1. The second kappa shape index (κ2) is 7.19. The fourth-order valence-electron chi connectivity index (χ4n) is 2.16. The second-order valence-corrected chi connectivity index (χ2v) is 6.79. The molecule has 0 unspecified atom stereocenters. The Balaban J connectivity index is 1.93. The fourth-order valence-corrected chi connectivity index (χ4v) is 3.45. The Bertz CT molecular complexity index is 908. The molecule has 0 spiro atoms. The second-order valence-electron chi connectivity index (χ2n) is 4.86. The van der Waals surface area contributed by atoms with Gasteiger partial charge in [-0.2, -0.15) is 0 Å². The van der Waals surface area contributed by atoms with E-state index in [2.05, 4.69) is 25.9 Å². The zero-order chi connectivity index (χ0) is 17.1. The molecule has 7 heteroatoms. The summed E-state index contributed by atoms with van der Waals surface area (Å²) in [6, 6.07) is 9.19. The molecule has 0 fully saturated rings. The minimum absolute atomic E-state index is 0.0616. The first-order valence-corrected chi connectivity index (χ1v) is 8.85. The molecule has 124 valence electrons. The number of aliphatic imine (C=N–C) groups is 1.